The van der Waals surface area contributed by atoms with Crippen molar-refractivity contribution in [1.82, 2.24) is 0 Å². The SMILES string of the molecule is CCCCCCc1ccc2cc3cc(/C=C/c4ccc(/C=C/c5ccc6cc7cc(CCCCCC)ccc7cc6c5)cc4)ccc3cc2c1. The third-order valence-corrected chi connectivity index (χ3v) is 10.3. The molecule has 0 amide bonds. The summed E-state index contributed by atoms with van der Waals surface area (Å²) in [6.07, 6.45) is 21.7. The molecule has 7 aromatic carbocycles. The molecule has 0 heteroatoms. The number of unbranched alkanes of at least 4 members (excludes halogenated alkanes) is 6. The Hall–Kier alpha value is -4.94. The molecule has 0 heterocycles. The lowest BCUT2D eigenvalue weighted by molar-refractivity contribution is 0.667. The van der Waals surface area contributed by atoms with E-state index in [1.807, 2.05) is 0 Å². The van der Waals surface area contributed by atoms with Crippen molar-refractivity contribution >= 4 is 67.4 Å². The van der Waals surface area contributed by atoms with E-state index < -0.39 is 0 Å². The van der Waals surface area contributed by atoms with Gasteiger partial charge in [-0.1, -0.05) is 162 Å². The van der Waals surface area contributed by atoms with Crippen molar-refractivity contribution in [3.63, 3.8) is 0 Å². The molecule has 0 saturated heterocycles. The lowest BCUT2D eigenvalue weighted by atomic mass is 9.98. The zero-order chi connectivity index (χ0) is 34.1. The summed E-state index contributed by atoms with van der Waals surface area (Å²) >= 11 is 0. The highest BCUT2D eigenvalue weighted by Gasteiger charge is 2.04. The van der Waals surface area contributed by atoms with E-state index in [-0.39, 0.29) is 0 Å². The predicted molar refractivity (Wildman–Crippen MR) is 223 cm³/mol. The molecule has 0 unspecified atom stereocenters. The van der Waals surface area contributed by atoms with Crippen molar-refractivity contribution in [2.75, 3.05) is 0 Å². The van der Waals surface area contributed by atoms with E-state index in [4.69, 9.17) is 0 Å². The largest absolute Gasteiger partial charge is 0.0654 e. The Morgan fingerprint density at radius 3 is 1.04 bits per heavy atom. The highest BCUT2D eigenvalue weighted by molar-refractivity contribution is 6.00. The van der Waals surface area contributed by atoms with Crippen LogP contribution in [0.2, 0.25) is 0 Å². The second kappa shape index (κ2) is 16.2. The van der Waals surface area contributed by atoms with Crippen LogP contribution >= 0.6 is 0 Å². The van der Waals surface area contributed by atoms with Gasteiger partial charge in [-0.15, -0.1) is 0 Å². The van der Waals surface area contributed by atoms with Gasteiger partial charge in [0.15, 0.2) is 0 Å². The van der Waals surface area contributed by atoms with E-state index in [1.165, 1.54) is 141 Å². The molecule has 50 heavy (non-hydrogen) atoms. The van der Waals surface area contributed by atoms with Crippen molar-refractivity contribution in [1.29, 1.82) is 0 Å². The summed E-state index contributed by atoms with van der Waals surface area (Å²) < 4.78 is 0. The predicted octanol–water partition coefficient (Wildman–Crippen LogP) is 14.9. The van der Waals surface area contributed by atoms with Crippen molar-refractivity contribution in [2.45, 2.75) is 78.1 Å². The van der Waals surface area contributed by atoms with Gasteiger partial charge in [-0.3, -0.25) is 0 Å². The van der Waals surface area contributed by atoms with E-state index in [9.17, 15) is 0 Å². The van der Waals surface area contributed by atoms with E-state index in [2.05, 4.69) is 159 Å². The van der Waals surface area contributed by atoms with E-state index in [1.54, 1.807) is 0 Å². The Morgan fingerprint density at radius 1 is 0.300 bits per heavy atom. The average molecular weight is 651 g/mol. The highest BCUT2D eigenvalue weighted by Crippen LogP contribution is 2.28. The van der Waals surface area contributed by atoms with Crippen LogP contribution in [0.3, 0.4) is 0 Å². The van der Waals surface area contributed by atoms with Gasteiger partial charge in [-0.2, -0.15) is 0 Å². The third kappa shape index (κ3) is 8.43. The van der Waals surface area contributed by atoms with Gasteiger partial charge in [-0.25, -0.2) is 0 Å². The van der Waals surface area contributed by atoms with Crippen LogP contribution in [-0.4, -0.2) is 0 Å². The maximum Gasteiger partial charge on any atom is -0.0172 e. The van der Waals surface area contributed by atoms with Gasteiger partial charge in [0.1, 0.15) is 0 Å². The first-order valence-electron chi connectivity index (χ1n) is 19.0. The van der Waals surface area contributed by atoms with Gasteiger partial charge in [0, 0.05) is 0 Å². The van der Waals surface area contributed by atoms with Gasteiger partial charge in [0.25, 0.3) is 0 Å². The first kappa shape index (κ1) is 33.6. The minimum absolute atomic E-state index is 1.18. The molecule has 0 bridgehead atoms. The lowest BCUT2D eigenvalue weighted by Gasteiger charge is -2.07. The molecular formula is C50H50. The molecule has 7 aromatic rings. The molecule has 0 atom stereocenters. The van der Waals surface area contributed by atoms with Gasteiger partial charge in [0.2, 0.25) is 0 Å². The molecule has 0 saturated carbocycles. The minimum atomic E-state index is 1.18. The van der Waals surface area contributed by atoms with Gasteiger partial charge < -0.3 is 0 Å². The Morgan fingerprint density at radius 2 is 0.640 bits per heavy atom. The van der Waals surface area contributed by atoms with Gasteiger partial charge >= 0.3 is 0 Å². The summed E-state index contributed by atoms with van der Waals surface area (Å²) in [5.74, 6) is 0. The van der Waals surface area contributed by atoms with Gasteiger partial charge in [0.05, 0.1) is 0 Å². The normalized spacial score (nSPS) is 12.0. The molecular weight excluding hydrogens is 601 g/mol. The summed E-state index contributed by atoms with van der Waals surface area (Å²) in [5.41, 5.74) is 7.76. The Balaban J connectivity index is 0.991. The number of hydrogen-bond acceptors (Lipinski definition) is 0. The monoisotopic (exact) mass is 650 g/mol. The summed E-state index contributed by atoms with van der Waals surface area (Å²) in [6, 6.07) is 45.8. The second-order valence-electron chi connectivity index (χ2n) is 14.2. The highest BCUT2D eigenvalue weighted by atomic mass is 14.1. The first-order chi connectivity index (χ1) is 24.6. The van der Waals surface area contributed by atoms with Crippen molar-refractivity contribution in [3.8, 4) is 0 Å². The van der Waals surface area contributed by atoms with Crippen LogP contribution in [0.1, 0.15) is 98.6 Å². The zero-order valence-corrected chi connectivity index (χ0v) is 29.9. The molecule has 7 rings (SSSR count). The third-order valence-electron chi connectivity index (χ3n) is 10.3. The summed E-state index contributed by atoms with van der Waals surface area (Å²) in [5, 5.41) is 10.5. The number of rotatable bonds is 14. The Kier molecular flexibility index (Phi) is 10.9. The van der Waals surface area contributed by atoms with Crippen molar-refractivity contribution in [2.24, 2.45) is 0 Å². The van der Waals surface area contributed by atoms with Crippen LogP contribution in [0.15, 0.2) is 121 Å². The molecule has 0 N–H and O–H groups in total. The van der Waals surface area contributed by atoms with Crippen molar-refractivity contribution < 1.29 is 0 Å². The fourth-order valence-electron chi connectivity index (χ4n) is 7.26. The first-order valence-corrected chi connectivity index (χ1v) is 19.0. The number of hydrogen-bond donors (Lipinski definition) is 0. The molecule has 250 valence electrons. The zero-order valence-electron chi connectivity index (χ0n) is 29.9. The van der Waals surface area contributed by atoms with E-state index in [0.29, 0.717) is 0 Å². The van der Waals surface area contributed by atoms with Crippen LogP contribution < -0.4 is 0 Å². The molecule has 0 radical (unpaired) electrons. The maximum atomic E-state index is 2.39. The van der Waals surface area contributed by atoms with Crippen molar-refractivity contribution in [3.05, 3.63) is 155 Å². The Labute approximate surface area is 299 Å². The number of benzene rings is 7. The van der Waals surface area contributed by atoms with Crippen LogP contribution in [0.25, 0.3) is 67.4 Å². The fourth-order valence-corrected chi connectivity index (χ4v) is 7.26. The van der Waals surface area contributed by atoms with Crippen LogP contribution in [0.5, 0.6) is 0 Å². The molecule has 0 aliphatic heterocycles. The molecule has 0 aliphatic rings. The molecule has 0 nitrogen and oxygen atoms in total. The Bertz CT molecular complexity index is 2120. The summed E-state index contributed by atoms with van der Waals surface area (Å²) in [7, 11) is 0. The summed E-state index contributed by atoms with van der Waals surface area (Å²) in [4.78, 5) is 0. The standard InChI is InChI=1S/C50H50/c1-3-5-7-9-11-39-21-25-43-35-49-31-41(23-27-45(49)33-47(43)29-39)19-17-37-13-15-38(16-14-37)18-20-42-24-28-46-34-48-30-40(12-10-8-6-4-2)22-26-44(48)36-50(46)32-42/h13-36H,3-12H2,1-2H3/b19-17+,20-18+. The maximum absolute atomic E-state index is 2.39. The second-order valence-corrected chi connectivity index (χ2v) is 14.2. The number of fused-ring (bicyclic) bond motifs is 4. The van der Waals surface area contributed by atoms with Crippen LogP contribution in [0.4, 0.5) is 0 Å². The topological polar surface area (TPSA) is 0 Å². The summed E-state index contributed by atoms with van der Waals surface area (Å²) in [6.45, 7) is 4.55. The number of aryl methyl sites for hydroxylation is 2. The molecule has 0 aromatic heterocycles. The smallest absolute Gasteiger partial charge is 0.0172 e. The van der Waals surface area contributed by atoms with Crippen LogP contribution in [-0.2, 0) is 12.8 Å². The molecule has 0 spiro atoms. The van der Waals surface area contributed by atoms with Gasteiger partial charge in [-0.05, 0) is 139 Å². The fraction of sp³-hybridized carbons (Fsp3) is 0.240. The van der Waals surface area contributed by atoms with E-state index >= 15 is 0 Å². The minimum Gasteiger partial charge on any atom is -0.0654 e. The van der Waals surface area contributed by atoms with Crippen LogP contribution in [0, 0.1) is 0 Å². The lowest BCUT2D eigenvalue weighted by Crippen LogP contribution is -1.87. The van der Waals surface area contributed by atoms with E-state index in [0.717, 1.165) is 0 Å². The molecule has 0 fully saturated rings. The molecule has 0 aliphatic carbocycles. The quantitative estimate of drug-likeness (QED) is 0.0624. The average Bonchev–Trinajstić information content (AvgIpc) is 3.15.